The van der Waals surface area contributed by atoms with Gasteiger partial charge < -0.3 is 0 Å². The molecule has 0 atom stereocenters. The number of alkyl halides is 3. The SMILES string of the molecule is CNSc1cccc(C(F)(F)F)c1. The fourth-order valence-corrected chi connectivity index (χ4v) is 1.42. The first kappa shape index (κ1) is 10.4. The fraction of sp³-hybridized carbons (Fsp3) is 0.250. The van der Waals surface area contributed by atoms with Crippen LogP contribution in [-0.2, 0) is 6.18 Å². The number of benzene rings is 1. The molecule has 0 spiro atoms. The number of nitrogens with one attached hydrogen (secondary N) is 1. The van der Waals surface area contributed by atoms with Gasteiger partial charge in [0.1, 0.15) is 0 Å². The second-order valence-corrected chi connectivity index (χ2v) is 3.42. The van der Waals surface area contributed by atoms with Crippen molar-refractivity contribution >= 4 is 11.9 Å². The van der Waals surface area contributed by atoms with Crippen LogP contribution >= 0.6 is 11.9 Å². The van der Waals surface area contributed by atoms with Gasteiger partial charge in [-0.15, -0.1) is 0 Å². The van der Waals surface area contributed by atoms with Crippen LogP contribution in [0, 0.1) is 0 Å². The third-order valence-corrected chi connectivity index (χ3v) is 2.08. The molecule has 1 aromatic rings. The summed E-state index contributed by atoms with van der Waals surface area (Å²) >= 11 is 1.16. The van der Waals surface area contributed by atoms with Crippen molar-refractivity contribution in [3.63, 3.8) is 0 Å². The number of hydrogen-bond donors (Lipinski definition) is 1. The molecular formula is C8H8F3NS. The molecular weight excluding hydrogens is 199 g/mol. The quantitative estimate of drug-likeness (QED) is 0.748. The van der Waals surface area contributed by atoms with Crippen LogP contribution in [0.3, 0.4) is 0 Å². The molecule has 0 bridgehead atoms. The summed E-state index contributed by atoms with van der Waals surface area (Å²) in [6.07, 6.45) is -4.26. The van der Waals surface area contributed by atoms with Gasteiger partial charge in [-0.05, 0) is 37.2 Å². The Morgan fingerprint density at radius 2 is 2.00 bits per heavy atom. The zero-order chi connectivity index (χ0) is 9.90. The molecule has 0 aliphatic rings. The average Bonchev–Trinajstić information content (AvgIpc) is 2.04. The number of rotatable bonds is 2. The molecule has 72 valence electrons. The van der Waals surface area contributed by atoms with Crippen molar-refractivity contribution in [2.24, 2.45) is 0 Å². The van der Waals surface area contributed by atoms with Crippen molar-refractivity contribution in [3.8, 4) is 0 Å². The minimum atomic E-state index is -4.26. The van der Waals surface area contributed by atoms with Gasteiger partial charge in [-0.2, -0.15) is 13.2 Å². The van der Waals surface area contributed by atoms with E-state index in [4.69, 9.17) is 0 Å². The van der Waals surface area contributed by atoms with Gasteiger partial charge in [0.05, 0.1) is 5.56 Å². The summed E-state index contributed by atoms with van der Waals surface area (Å²) in [5.41, 5.74) is -0.618. The molecule has 0 heterocycles. The summed E-state index contributed by atoms with van der Waals surface area (Å²) in [4.78, 5) is 0.553. The van der Waals surface area contributed by atoms with E-state index >= 15 is 0 Å². The van der Waals surface area contributed by atoms with E-state index in [1.165, 1.54) is 6.07 Å². The Balaban J connectivity index is 2.92. The highest BCUT2D eigenvalue weighted by atomic mass is 32.2. The predicted octanol–water partition coefficient (Wildman–Crippen LogP) is 2.93. The largest absolute Gasteiger partial charge is 0.416 e. The molecule has 1 rings (SSSR count). The topological polar surface area (TPSA) is 12.0 Å². The Morgan fingerprint density at radius 3 is 2.54 bits per heavy atom. The maximum Gasteiger partial charge on any atom is 0.416 e. The van der Waals surface area contributed by atoms with E-state index in [9.17, 15) is 13.2 Å². The summed E-state index contributed by atoms with van der Waals surface area (Å²) in [6, 6.07) is 5.18. The maximum absolute atomic E-state index is 12.2. The van der Waals surface area contributed by atoms with Gasteiger partial charge in [-0.1, -0.05) is 6.07 Å². The summed E-state index contributed by atoms with van der Waals surface area (Å²) in [6.45, 7) is 0. The van der Waals surface area contributed by atoms with Crippen LogP contribution in [0.15, 0.2) is 29.2 Å². The van der Waals surface area contributed by atoms with Gasteiger partial charge in [-0.3, -0.25) is 4.72 Å². The molecule has 0 amide bonds. The number of halogens is 3. The standard InChI is InChI=1S/C8H8F3NS/c1-12-13-7-4-2-3-6(5-7)8(9,10)11/h2-5,12H,1H3. The van der Waals surface area contributed by atoms with Crippen LogP contribution in [0.1, 0.15) is 5.56 Å². The molecule has 5 heteroatoms. The van der Waals surface area contributed by atoms with Crippen molar-refractivity contribution in [3.05, 3.63) is 29.8 Å². The lowest BCUT2D eigenvalue weighted by atomic mass is 10.2. The van der Waals surface area contributed by atoms with Gasteiger partial charge in [-0.25, -0.2) is 0 Å². The lowest BCUT2D eigenvalue weighted by Crippen LogP contribution is -2.04. The van der Waals surface area contributed by atoms with Gasteiger partial charge in [0.25, 0.3) is 0 Å². The van der Waals surface area contributed by atoms with E-state index in [2.05, 4.69) is 4.72 Å². The first-order valence-electron chi connectivity index (χ1n) is 3.55. The lowest BCUT2D eigenvalue weighted by Gasteiger charge is -2.07. The smallest absolute Gasteiger partial charge is 0.263 e. The Kier molecular flexibility index (Phi) is 3.22. The Bertz CT molecular complexity index is 285. The second-order valence-electron chi connectivity index (χ2n) is 2.33. The zero-order valence-corrected chi connectivity index (χ0v) is 7.67. The second kappa shape index (κ2) is 4.02. The lowest BCUT2D eigenvalue weighted by molar-refractivity contribution is -0.137. The predicted molar refractivity (Wildman–Crippen MR) is 46.4 cm³/mol. The molecule has 0 saturated heterocycles. The van der Waals surface area contributed by atoms with E-state index < -0.39 is 11.7 Å². The Labute approximate surface area is 78.5 Å². The van der Waals surface area contributed by atoms with Crippen LogP contribution in [0.4, 0.5) is 13.2 Å². The highest BCUT2D eigenvalue weighted by Crippen LogP contribution is 2.31. The molecule has 0 aromatic heterocycles. The molecule has 1 N–H and O–H groups in total. The third-order valence-electron chi connectivity index (χ3n) is 1.38. The van der Waals surface area contributed by atoms with Crippen molar-refractivity contribution in [1.82, 2.24) is 4.72 Å². The summed E-state index contributed by atoms with van der Waals surface area (Å²) < 4.78 is 39.2. The van der Waals surface area contributed by atoms with Crippen molar-refractivity contribution in [2.45, 2.75) is 11.1 Å². The third kappa shape index (κ3) is 2.93. The van der Waals surface area contributed by atoms with Crippen molar-refractivity contribution < 1.29 is 13.2 Å². The van der Waals surface area contributed by atoms with Crippen molar-refractivity contribution in [1.29, 1.82) is 0 Å². The molecule has 1 aromatic carbocycles. The highest BCUT2D eigenvalue weighted by Gasteiger charge is 2.30. The van der Waals surface area contributed by atoms with Crippen LogP contribution in [0.25, 0.3) is 0 Å². The van der Waals surface area contributed by atoms with Gasteiger partial charge in [0.2, 0.25) is 0 Å². The maximum atomic E-state index is 12.2. The monoisotopic (exact) mass is 207 g/mol. The molecule has 0 fully saturated rings. The first-order valence-corrected chi connectivity index (χ1v) is 4.36. The first-order chi connectivity index (χ1) is 6.04. The minimum Gasteiger partial charge on any atom is -0.263 e. The van der Waals surface area contributed by atoms with E-state index in [0.29, 0.717) is 4.90 Å². The molecule has 13 heavy (non-hydrogen) atoms. The van der Waals surface area contributed by atoms with E-state index in [1.54, 1.807) is 13.1 Å². The summed E-state index contributed by atoms with van der Waals surface area (Å²) in [7, 11) is 1.66. The molecule has 1 nitrogen and oxygen atoms in total. The van der Waals surface area contributed by atoms with Crippen LogP contribution < -0.4 is 4.72 Å². The molecule has 0 radical (unpaired) electrons. The molecule has 0 aliphatic carbocycles. The fourth-order valence-electron chi connectivity index (χ4n) is 0.854. The van der Waals surface area contributed by atoms with Gasteiger partial charge in [0, 0.05) is 4.90 Å². The van der Waals surface area contributed by atoms with E-state index in [1.807, 2.05) is 0 Å². The zero-order valence-electron chi connectivity index (χ0n) is 6.85. The van der Waals surface area contributed by atoms with Gasteiger partial charge in [0.15, 0.2) is 0 Å². The summed E-state index contributed by atoms with van der Waals surface area (Å²) in [5.74, 6) is 0. The Hall–Kier alpha value is -0.680. The molecule has 0 saturated carbocycles. The Morgan fingerprint density at radius 1 is 1.31 bits per heavy atom. The molecule has 0 aliphatic heterocycles. The van der Waals surface area contributed by atoms with E-state index in [0.717, 1.165) is 24.1 Å². The summed E-state index contributed by atoms with van der Waals surface area (Å²) in [5, 5.41) is 0. The average molecular weight is 207 g/mol. The van der Waals surface area contributed by atoms with E-state index in [-0.39, 0.29) is 0 Å². The van der Waals surface area contributed by atoms with Gasteiger partial charge >= 0.3 is 6.18 Å². The van der Waals surface area contributed by atoms with Crippen LogP contribution in [0.2, 0.25) is 0 Å². The normalized spacial score (nSPS) is 11.7. The van der Waals surface area contributed by atoms with Crippen molar-refractivity contribution in [2.75, 3.05) is 7.05 Å². The minimum absolute atomic E-state index is 0.553. The number of hydrogen-bond acceptors (Lipinski definition) is 2. The van der Waals surface area contributed by atoms with Crippen LogP contribution in [0.5, 0.6) is 0 Å². The highest BCUT2D eigenvalue weighted by molar-refractivity contribution is 7.97. The van der Waals surface area contributed by atoms with Crippen LogP contribution in [-0.4, -0.2) is 7.05 Å². The molecule has 0 unspecified atom stereocenters.